The van der Waals surface area contributed by atoms with Gasteiger partial charge in [0.2, 0.25) is 0 Å². The molecule has 1 aromatic rings. The lowest BCUT2D eigenvalue weighted by molar-refractivity contribution is -0.134. The lowest BCUT2D eigenvalue weighted by Crippen LogP contribution is -2.20. The van der Waals surface area contributed by atoms with Gasteiger partial charge in [-0.3, -0.25) is 5.43 Å². The molecule has 0 amide bonds. The molecule has 0 heterocycles. The van der Waals surface area contributed by atoms with E-state index in [0.717, 1.165) is 6.21 Å². The number of hydrazone groups is 1. The van der Waals surface area contributed by atoms with Gasteiger partial charge < -0.3 is 9.94 Å². The topological polar surface area (TPSA) is 83.3 Å². The van der Waals surface area contributed by atoms with E-state index in [4.69, 9.17) is 21.5 Å². The van der Waals surface area contributed by atoms with Gasteiger partial charge in [-0.05, 0) is 31.2 Å². The van der Waals surface area contributed by atoms with E-state index in [0.29, 0.717) is 10.7 Å². The van der Waals surface area contributed by atoms with E-state index in [1.165, 1.54) is 0 Å². The van der Waals surface area contributed by atoms with Gasteiger partial charge in [0.15, 0.2) is 5.71 Å². The zero-order valence-corrected chi connectivity index (χ0v) is 10.4. The summed E-state index contributed by atoms with van der Waals surface area (Å²) >= 11 is 5.72. The van der Waals surface area contributed by atoms with Crippen LogP contribution in [0.1, 0.15) is 6.92 Å². The van der Waals surface area contributed by atoms with Crippen LogP contribution in [0.5, 0.6) is 0 Å². The maximum absolute atomic E-state index is 11.4. The minimum atomic E-state index is -0.684. The van der Waals surface area contributed by atoms with Crippen molar-refractivity contribution >= 4 is 35.2 Å². The fourth-order valence-electron chi connectivity index (χ4n) is 1.04. The first-order valence-corrected chi connectivity index (χ1v) is 5.49. The summed E-state index contributed by atoms with van der Waals surface area (Å²) in [6, 6.07) is 6.71. The monoisotopic (exact) mass is 269 g/mol. The zero-order chi connectivity index (χ0) is 13.4. The van der Waals surface area contributed by atoms with Gasteiger partial charge in [0.25, 0.3) is 0 Å². The van der Waals surface area contributed by atoms with Crippen LogP contribution in [0, 0.1) is 0 Å². The number of halogens is 1. The molecular formula is C11H12ClN3O3. The molecule has 0 fully saturated rings. The molecule has 0 aromatic heterocycles. The van der Waals surface area contributed by atoms with Gasteiger partial charge >= 0.3 is 5.97 Å². The Bertz CT molecular complexity index is 457. The summed E-state index contributed by atoms with van der Waals surface area (Å²) in [7, 11) is 0. The van der Waals surface area contributed by atoms with Gasteiger partial charge in [0.05, 0.1) is 12.3 Å². The molecule has 6 nitrogen and oxygen atoms in total. The lowest BCUT2D eigenvalue weighted by atomic mass is 10.3. The number of nitrogens with zero attached hydrogens (tertiary/aromatic N) is 2. The van der Waals surface area contributed by atoms with Gasteiger partial charge in [0.1, 0.15) is 6.21 Å². The Hall–Kier alpha value is -2.08. The summed E-state index contributed by atoms with van der Waals surface area (Å²) in [6.45, 7) is 1.87. The number of esters is 1. The fraction of sp³-hybridized carbons (Fsp3) is 0.182. The first kappa shape index (κ1) is 14.0. The normalized spacial score (nSPS) is 11.6. The van der Waals surface area contributed by atoms with Crippen molar-refractivity contribution in [3.63, 3.8) is 0 Å². The van der Waals surface area contributed by atoms with Crippen molar-refractivity contribution in [2.75, 3.05) is 12.0 Å². The number of anilines is 1. The van der Waals surface area contributed by atoms with E-state index in [2.05, 4.69) is 15.7 Å². The summed E-state index contributed by atoms with van der Waals surface area (Å²) in [5.41, 5.74) is 3.11. The smallest absolute Gasteiger partial charge is 0.360 e. The van der Waals surface area contributed by atoms with Crippen LogP contribution in [0.15, 0.2) is 34.5 Å². The first-order chi connectivity index (χ1) is 8.67. The van der Waals surface area contributed by atoms with Crippen LogP contribution < -0.4 is 5.43 Å². The van der Waals surface area contributed by atoms with Crippen molar-refractivity contribution in [3.05, 3.63) is 29.3 Å². The Kier molecular flexibility index (Phi) is 5.66. The van der Waals surface area contributed by atoms with Crippen molar-refractivity contribution in [1.29, 1.82) is 0 Å². The summed E-state index contributed by atoms with van der Waals surface area (Å²) < 4.78 is 4.73. The second-order valence-corrected chi connectivity index (χ2v) is 3.52. The average Bonchev–Trinajstić information content (AvgIpc) is 2.36. The zero-order valence-electron chi connectivity index (χ0n) is 9.63. The van der Waals surface area contributed by atoms with Gasteiger partial charge in [-0.2, -0.15) is 5.10 Å². The number of carbonyl (C=O) groups excluding carboxylic acids is 1. The Balaban J connectivity index is 2.77. The van der Waals surface area contributed by atoms with Crippen LogP contribution in [0.25, 0.3) is 0 Å². The van der Waals surface area contributed by atoms with Crippen molar-refractivity contribution < 1.29 is 14.7 Å². The molecule has 0 saturated carbocycles. The number of ether oxygens (including phenoxy) is 1. The molecule has 0 aliphatic rings. The Morgan fingerprint density at radius 3 is 2.72 bits per heavy atom. The summed E-state index contributed by atoms with van der Waals surface area (Å²) in [6.07, 6.45) is 0.890. The highest BCUT2D eigenvalue weighted by atomic mass is 35.5. The number of oxime groups is 1. The molecule has 96 valence electrons. The van der Waals surface area contributed by atoms with E-state index >= 15 is 0 Å². The molecule has 2 N–H and O–H groups in total. The first-order valence-electron chi connectivity index (χ1n) is 5.11. The number of nitrogens with one attached hydrogen (secondary N) is 1. The Morgan fingerprint density at radius 1 is 1.50 bits per heavy atom. The molecule has 7 heteroatoms. The molecule has 0 unspecified atom stereocenters. The van der Waals surface area contributed by atoms with Crippen LogP contribution >= 0.6 is 11.6 Å². The molecule has 0 aliphatic heterocycles. The molecular weight excluding hydrogens is 258 g/mol. The van der Waals surface area contributed by atoms with E-state index in [1.54, 1.807) is 31.2 Å². The molecule has 18 heavy (non-hydrogen) atoms. The summed E-state index contributed by atoms with van der Waals surface area (Å²) in [4.78, 5) is 11.4. The van der Waals surface area contributed by atoms with Crippen LogP contribution in [0.4, 0.5) is 5.69 Å². The second-order valence-electron chi connectivity index (χ2n) is 3.08. The third-order valence-corrected chi connectivity index (χ3v) is 2.07. The number of rotatable bonds is 5. The molecule has 0 radical (unpaired) electrons. The quantitative estimate of drug-likeness (QED) is 0.371. The third kappa shape index (κ3) is 4.42. The predicted molar refractivity (Wildman–Crippen MR) is 69.4 cm³/mol. The maximum Gasteiger partial charge on any atom is 0.360 e. The average molecular weight is 270 g/mol. The standard InChI is InChI=1S/C11H12ClN3O3/c1-2-18-11(16)10(7-13-17)15-14-9-5-3-8(12)4-6-9/h3-7,14,17H,2H2,1H3/b13-7+,15-10-. The molecule has 0 spiro atoms. The van der Waals surface area contributed by atoms with Crippen molar-refractivity contribution in [3.8, 4) is 0 Å². The number of hydrogen-bond acceptors (Lipinski definition) is 6. The highest BCUT2D eigenvalue weighted by Gasteiger charge is 2.10. The van der Waals surface area contributed by atoms with Crippen LogP contribution in [0.3, 0.4) is 0 Å². The second kappa shape index (κ2) is 7.29. The molecule has 1 rings (SSSR count). The number of carbonyl (C=O) groups is 1. The van der Waals surface area contributed by atoms with Gasteiger partial charge in [-0.1, -0.05) is 16.8 Å². The van der Waals surface area contributed by atoms with E-state index in [9.17, 15) is 4.79 Å². The van der Waals surface area contributed by atoms with Crippen molar-refractivity contribution in [2.24, 2.45) is 10.3 Å². The van der Waals surface area contributed by atoms with Crippen molar-refractivity contribution in [1.82, 2.24) is 0 Å². The number of hydrogen-bond donors (Lipinski definition) is 2. The minimum Gasteiger partial charge on any atom is -0.461 e. The predicted octanol–water partition coefficient (Wildman–Crippen LogP) is 2.13. The maximum atomic E-state index is 11.4. The largest absolute Gasteiger partial charge is 0.461 e. The molecule has 0 bridgehead atoms. The Labute approximate surface area is 109 Å². The van der Waals surface area contributed by atoms with E-state index in [-0.39, 0.29) is 12.3 Å². The van der Waals surface area contributed by atoms with Crippen LogP contribution in [-0.2, 0) is 9.53 Å². The van der Waals surface area contributed by atoms with Crippen molar-refractivity contribution in [2.45, 2.75) is 6.92 Å². The summed E-state index contributed by atoms with van der Waals surface area (Å²) in [5.74, 6) is -0.684. The highest BCUT2D eigenvalue weighted by Crippen LogP contribution is 2.13. The van der Waals surface area contributed by atoms with E-state index < -0.39 is 5.97 Å². The Morgan fingerprint density at radius 2 is 2.17 bits per heavy atom. The van der Waals surface area contributed by atoms with Crippen LogP contribution in [-0.4, -0.2) is 29.7 Å². The molecule has 0 aliphatic carbocycles. The van der Waals surface area contributed by atoms with Gasteiger partial charge in [0, 0.05) is 5.02 Å². The third-order valence-electron chi connectivity index (χ3n) is 1.81. The number of benzene rings is 1. The van der Waals surface area contributed by atoms with E-state index in [1.807, 2.05) is 0 Å². The fourth-order valence-corrected chi connectivity index (χ4v) is 1.16. The van der Waals surface area contributed by atoms with Crippen LogP contribution in [0.2, 0.25) is 5.02 Å². The lowest BCUT2D eigenvalue weighted by Gasteiger charge is -2.03. The summed E-state index contributed by atoms with van der Waals surface area (Å²) in [5, 5.41) is 15.5. The SMILES string of the molecule is CCOC(=O)C(/C=N/O)=N\Nc1ccc(Cl)cc1. The van der Waals surface area contributed by atoms with Gasteiger partial charge in [-0.25, -0.2) is 4.79 Å². The van der Waals surface area contributed by atoms with Gasteiger partial charge in [-0.15, -0.1) is 0 Å². The molecule has 0 atom stereocenters. The highest BCUT2D eigenvalue weighted by molar-refractivity contribution is 6.59. The molecule has 0 saturated heterocycles. The minimum absolute atomic E-state index is 0.144. The molecule has 1 aromatic carbocycles.